The van der Waals surface area contributed by atoms with E-state index in [0.29, 0.717) is 68.9 Å². The summed E-state index contributed by atoms with van der Waals surface area (Å²) in [5.41, 5.74) is -2.69. The Balaban J connectivity index is 1.13. The van der Waals surface area contributed by atoms with Gasteiger partial charge in [0.15, 0.2) is 0 Å². The highest BCUT2D eigenvalue weighted by molar-refractivity contribution is 7.99. The second-order valence-corrected chi connectivity index (χ2v) is 20.7. The molecule has 65 heavy (non-hydrogen) atoms. The minimum Gasteiger partial charge on any atom is -0.512 e. The molecule has 0 bridgehead atoms. The maximum Gasteiger partial charge on any atom is 0.501 e. The molecule has 1 aliphatic heterocycles. The molecule has 1 saturated heterocycles. The van der Waals surface area contributed by atoms with Crippen LogP contribution in [0.5, 0.6) is 0 Å². The zero-order valence-corrected chi connectivity index (χ0v) is 38.9. The van der Waals surface area contributed by atoms with Crippen LogP contribution in [0.15, 0.2) is 142 Å². The van der Waals surface area contributed by atoms with E-state index in [0.717, 1.165) is 39.4 Å². The van der Waals surface area contributed by atoms with E-state index >= 15 is 0 Å². The molecule has 0 saturated carbocycles. The highest BCUT2D eigenvalue weighted by Crippen LogP contribution is 2.37. The van der Waals surface area contributed by atoms with Crippen LogP contribution in [0.2, 0.25) is 5.02 Å². The summed E-state index contributed by atoms with van der Waals surface area (Å²) in [4.78, 5) is 16.1. The van der Waals surface area contributed by atoms with Gasteiger partial charge in [-0.05, 0) is 122 Å². The molecule has 0 unspecified atom stereocenters. The van der Waals surface area contributed by atoms with Gasteiger partial charge in [-0.2, -0.15) is 13.2 Å². The molecule has 18 heteroatoms. The maximum absolute atomic E-state index is 14.1. The fourth-order valence-electron chi connectivity index (χ4n) is 7.29. The van der Waals surface area contributed by atoms with Gasteiger partial charge in [0.25, 0.3) is 25.8 Å². The fourth-order valence-corrected chi connectivity index (χ4v) is 10.4. The maximum atomic E-state index is 14.1. The number of carbonyl (C=O) groups excluding carboxylic acids is 1. The molecular formula is C47H50ClF3N4O7S3. The van der Waals surface area contributed by atoms with Gasteiger partial charge < -0.3 is 25.0 Å². The number of sulfonamides is 1. The van der Waals surface area contributed by atoms with Crippen molar-refractivity contribution >= 4 is 66.6 Å². The molecule has 0 aromatic heterocycles. The highest BCUT2D eigenvalue weighted by Gasteiger charge is 2.48. The number of aliphatic hydroxyl groups is 1. The topological polar surface area (TPSA) is 145 Å². The van der Waals surface area contributed by atoms with Gasteiger partial charge >= 0.3 is 5.51 Å². The second-order valence-electron chi connectivity index (χ2n) is 15.6. The number of halogens is 4. The number of ether oxygens (including phenoxy) is 1. The first-order valence-corrected chi connectivity index (χ1v) is 25.0. The van der Waals surface area contributed by atoms with Gasteiger partial charge in [-0.25, -0.2) is 21.6 Å². The summed E-state index contributed by atoms with van der Waals surface area (Å²) < 4.78 is 102. The number of allylic oxidation sites excluding steroid dienone is 1. The lowest BCUT2D eigenvalue weighted by Gasteiger charge is -2.33. The number of sulfone groups is 1. The fraction of sp³-hybridized carbons (Fsp3) is 0.298. The Bertz CT molecular complexity index is 2650. The zero-order chi connectivity index (χ0) is 46.8. The minimum absolute atomic E-state index is 0.0530. The number of anilines is 2. The van der Waals surface area contributed by atoms with Crippen molar-refractivity contribution in [2.45, 2.75) is 45.5 Å². The number of methoxy groups -OCH3 is 1. The summed E-state index contributed by atoms with van der Waals surface area (Å²) >= 11 is 7.50. The smallest absolute Gasteiger partial charge is 0.501 e. The van der Waals surface area contributed by atoms with Crippen molar-refractivity contribution in [1.29, 1.82) is 0 Å². The summed E-state index contributed by atoms with van der Waals surface area (Å²) in [5.74, 6) is -0.548. The largest absolute Gasteiger partial charge is 0.512 e. The zero-order valence-electron chi connectivity index (χ0n) is 35.7. The Hall–Kier alpha value is -5.04. The molecule has 0 spiro atoms. The molecular weight excluding hydrogens is 921 g/mol. The van der Waals surface area contributed by atoms with Gasteiger partial charge in [0, 0.05) is 65.6 Å². The molecule has 1 aliphatic rings. The summed E-state index contributed by atoms with van der Waals surface area (Å²) in [6.07, 6.45) is 3.47. The number of piperidine rings is 1. The van der Waals surface area contributed by atoms with E-state index in [-0.39, 0.29) is 17.2 Å². The van der Waals surface area contributed by atoms with Crippen LogP contribution in [0.4, 0.5) is 24.5 Å². The lowest BCUT2D eigenvalue weighted by atomic mass is 9.92. The van der Waals surface area contributed by atoms with Crippen molar-refractivity contribution < 1.29 is 44.6 Å². The highest BCUT2D eigenvalue weighted by atomic mass is 35.5. The molecule has 0 radical (unpaired) electrons. The number of hydrogen-bond acceptors (Lipinski definition) is 11. The first-order chi connectivity index (χ1) is 30.9. The summed E-state index contributed by atoms with van der Waals surface area (Å²) in [6, 6.07) is 32.5. The molecule has 5 aromatic rings. The normalized spacial score (nSPS) is 14.6. The number of nitrogens with one attached hydrogen (secondary N) is 2. The predicted octanol–water partition coefficient (Wildman–Crippen LogP) is 9.78. The molecule has 1 fully saturated rings. The predicted molar refractivity (Wildman–Crippen MR) is 252 cm³/mol. The average Bonchev–Trinajstić information content (AvgIpc) is 3.29. The molecule has 0 aliphatic carbocycles. The Morgan fingerprint density at radius 3 is 2.25 bits per heavy atom. The summed E-state index contributed by atoms with van der Waals surface area (Å²) in [7, 11) is -7.53. The van der Waals surface area contributed by atoms with E-state index in [1.54, 1.807) is 25.3 Å². The molecule has 11 nitrogen and oxygen atoms in total. The number of likely N-dealkylation sites (N-methyl/N-ethyl adjacent to an activating group) is 1. The number of carbonyl (C=O) groups is 1. The first-order valence-electron chi connectivity index (χ1n) is 20.7. The molecule has 346 valence electrons. The van der Waals surface area contributed by atoms with Crippen LogP contribution >= 0.6 is 23.4 Å². The quantitative estimate of drug-likeness (QED) is 0.0537. The third-order valence-electron chi connectivity index (χ3n) is 11.0. The van der Waals surface area contributed by atoms with Crippen LogP contribution in [0, 0.1) is 5.92 Å². The number of benzene rings is 5. The Labute approximate surface area is 387 Å². The number of hydrogen-bond donors (Lipinski definition) is 3. The first kappa shape index (κ1) is 49.4. The number of amides is 1. The van der Waals surface area contributed by atoms with Gasteiger partial charge in [-0.1, -0.05) is 66.2 Å². The Morgan fingerprint density at radius 1 is 0.923 bits per heavy atom. The number of alkyl halides is 3. The van der Waals surface area contributed by atoms with Crippen molar-refractivity contribution in [3.8, 4) is 11.1 Å². The third-order valence-corrected chi connectivity index (χ3v) is 15.3. The van der Waals surface area contributed by atoms with Crippen LogP contribution in [0.3, 0.4) is 0 Å². The average molecular weight is 972 g/mol. The molecule has 1 atom stereocenters. The van der Waals surface area contributed by atoms with Gasteiger partial charge in [-0.15, -0.1) is 11.8 Å². The molecule has 5 aromatic carbocycles. The minimum atomic E-state index is -6.08. The van der Waals surface area contributed by atoms with Crippen molar-refractivity contribution in [2.75, 3.05) is 62.9 Å². The van der Waals surface area contributed by atoms with E-state index in [1.807, 2.05) is 95.5 Å². The second kappa shape index (κ2) is 22.0. The number of aliphatic hydroxyl groups excluding tert-OH is 1. The van der Waals surface area contributed by atoms with Gasteiger partial charge in [0.1, 0.15) is 4.90 Å². The van der Waals surface area contributed by atoms with Crippen LogP contribution in [0.25, 0.3) is 17.2 Å². The number of thioether (sulfide) groups is 1. The number of nitrogens with zero attached hydrogens (tertiary/aromatic N) is 2. The SMILES string of the molecule is COCCN(C)CC[C@H](CSc1ccccc1)Nc1ccc(S(=O)(=O)NC(=O)c2ccc(N3CCC(C(O)=Cc4ccccc4-c4ccc(Cl)cc4)CC3)cc2)cc1S(=O)(=O)C(F)(F)F. The van der Waals surface area contributed by atoms with Crippen molar-refractivity contribution in [1.82, 2.24) is 9.62 Å². The van der Waals surface area contributed by atoms with Crippen molar-refractivity contribution in [2.24, 2.45) is 5.92 Å². The van der Waals surface area contributed by atoms with Crippen LogP contribution in [-0.2, 0) is 24.6 Å². The molecule has 3 N–H and O–H groups in total. The Kier molecular flexibility index (Phi) is 16.7. The lowest BCUT2D eigenvalue weighted by Crippen LogP contribution is -2.34. The molecule has 1 heterocycles. The van der Waals surface area contributed by atoms with E-state index in [4.69, 9.17) is 16.3 Å². The molecule has 1 amide bonds. The summed E-state index contributed by atoms with van der Waals surface area (Å²) in [5, 5.41) is 14.7. The van der Waals surface area contributed by atoms with E-state index in [9.17, 15) is 39.9 Å². The van der Waals surface area contributed by atoms with E-state index in [2.05, 4.69) is 10.2 Å². The van der Waals surface area contributed by atoms with E-state index in [1.165, 1.54) is 23.9 Å². The van der Waals surface area contributed by atoms with Crippen LogP contribution in [-0.4, -0.2) is 97.0 Å². The third kappa shape index (κ3) is 13.1. The monoisotopic (exact) mass is 970 g/mol. The van der Waals surface area contributed by atoms with Crippen LogP contribution in [0.1, 0.15) is 35.2 Å². The van der Waals surface area contributed by atoms with Crippen molar-refractivity contribution in [3.63, 3.8) is 0 Å². The van der Waals surface area contributed by atoms with Crippen LogP contribution < -0.4 is 14.9 Å². The standard InChI is InChI=1S/C47H50ClF3N4O7S3/c1-54(28-29-62-2)25-24-38(32-63-40-9-4-3-5-10-40)52-43-21-20-41(31-45(43)64(58,59)47(49,50)51)65(60,61)53-46(57)35-14-18-39(19-15-35)55-26-22-34(23-27-55)44(56)30-36-8-6-7-11-42(36)33-12-16-37(48)17-13-33/h3-21,30-31,34,38,52,56H,22-29,32H2,1-2H3,(H,53,57)/t38-/m1/s1. The molecule has 6 rings (SSSR count). The van der Waals surface area contributed by atoms with Gasteiger partial charge in [0.2, 0.25) is 0 Å². The Morgan fingerprint density at radius 2 is 1.58 bits per heavy atom. The van der Waals surface area contributed by atoms with Gasteiger partial charge in [0.05, 0.1) is 22.9 Å². The van der Waals surface area contributed by atoms with Crippen molar-refractivity contribution in [3.05, 3.63) is 143 Å². The lowest BCUT2D eigenvalue weighted by molar-refractivity contribution is -0.0435. The van der Waals surface area contributed by atoms with Gasteiger partial charge in [-0.3, -0.25) is 4.79 Å². The van der Waals surface area contributed by atoms with E-state index < -0.39 is 52.8 Å². The summed E-state index contributed by atoms with van der Waals surface area (Å²) in [6.45, 7) is 2.70. The number of rotatable bonds is 19.